The highest BCUT2D eigenvalue weighted by atomic mass is 32.2. The number of carbonyl (C=O) groups excluding carboxylic acids is 1. The maximum atomic E-state index is 12.7. The van der Waals surface area contributed by atoms with Crippen LogP contribution in [0.5, 0.6) is 0 Å². The summed E-state index contributed by atoms with van der Waals surface area (Å²) in [4.78, 5) is 17.4. The van der Waals surface area contributed by atoms with Gasteiger partial charge in [0.1, 0.15) is 0 Å². The second-order valence-corrected chi connectivity index (χ2v) is 9.35. The van der Waals surface area contributed by atoms with E-state index in [0.717, 1.165) is 64.2 Å². The number of carbonyl (C=O) groups is 1. The first kappa shape index (κ1) is 20.1. The van der Waals surface area contributed by atoms with Crippen molar-refractivity contribution < 1.29 is 17.9 Å². The van der Waals surface area contributed by atoms with Gasteiger partial charge in [-0.2, -0.15) is 0 Å². The van der Waals surface area contributed by atoms with Crippen molar-refractivity contribution in [3.63, 3.8) is 0 Å². The van der Waals surface area contributed by atoms with E-state index in [4.69, 9.17) is 4.74 Å². The number of morpholine rings is 1. The van der Waals surface area contributed by atoms with Crippen LogP contribution in [0.2, 0.25) is 0 Å². The number of nitrogens with zero attached hydrogens (tertiary/aromatic N) is 2. The number of hydrogen-bond donors (Lipinski definition) is 1. The van der Waals surface area contributed by atoms with Crippen LogP contribution in [-0.4, -0.2) is 75.9 Å². The van der Waals surface area contributed by atoms with Gasteiger partial charge >= 0.3 is 6.03 Å². The van der Waals surface area contributed by atoms with Crippen molar-refractivity contribution in [3.05, 3.63) is 29.8 Å². The summed E-state index contributed by atoms with van der Waals surface area (Å²) in [5, 5.41) is 2.99. The number of rotatable bonds is 5. The van der Waals surface area contributed by atoms with Gasteiger partial charge in [-0.15, -0.1) is 0 Å². The maximum absolute atomic E-state index is 12.7. The molecule has 0 aliphatic carbocycles. The molecule has 2 aliphatic rings. The Kier molecular flexibility index (Phi) is 6.73. The van der Waals surface area contributed by atoms with Crippen LogP contribution in [0.15, 0.2) is 29.2 Å². The number of urea groups is 1. The SMILES string of the molecule is CS(=O)(=O)c1ccc(CNC(=O)N2CCCCC2CN2CCOCC2)cc1. The molecule has 7 nitrogen and oxygen atoms in total. The molecule has 2 fully saturated rings. The van der Waals surface area contributed by atoms with Crippen LogP contribution in [-0.2, 0) is 21.1 Å². The minimum Gasteiger partial charge on any atom is -0.379 e. The molecule has 27 heavy (non-hydrogen) atoms. The highest BCUT2D eigenvalue weighted by Crippen LogP contribution is 2.19. The fourth-order valence-corrected chi connectivity index (χ4v) is 4.30. The van der Waals surface area contributed by atoms with E-state index in [0.29, 0.717) is 11.4 Å². The summed E-state index contributed by atoms with van der Waals surface area (Å²) >= 11 is 0. The van der Waals surface area contributed by atoms with Gasteiger partial charge in [0.2, 0.25) is 0 Å². The summed E-state index contributed by atoms with van der Waals surface area (Å²) in [5.74, 6) is 0. The Hall–Kier alpha value is -1.64. The third-order valence-electron chi connectivity index (χ3n) is 5.26. The van der Waals surface area contributed by atoms with E-state index in [2.05, 4.69) is 10.2 Å². The van der Waals surface area contributed by atoms with E-state index in [9.17, 15) is 13.2 Å². The standard InChI is InChI=1S/C19H29N3O4S/c1-27(24,25)18-7-5-16(6-8-18)14-20-19(23)22-9-3-2-4-17(22)15-21-10-12-26-13-11-21/h5-8,17H,2-4,9-15H2,1H3,(H,20,23). The first-order valence-corrected chi connectivity index (χ1v) is 11.5. The topological polar surface area (TPSA) is 79.0 Å². The second-order valence-electron chi connectivity index (χ2n) is 7.33. The molecular formula is C19H29N3O4S. The summed E-state index contributed by atoms with van der Waals surface area (Å²) in [6, 6.07) is 6.86. The van der Waals surface area contributed by atoms with Crippen molar-refractivity contribution in [2.75, 3.05) is 45.6 Å². The molecule has 1 N–H and O–H groups in total. The monoisotopic (exact) mass is 395 g/mol. The molecule has 1 aromatic carbocycles. The zero-order chi connectivity index (χ0) is 19.3. The fourth-order valence-electron chi connectivity index (χ4n) is 3.67. The highest BCUT2D eigenvalue weighted by molar-refractivity contribution is 7.90. The first-order chi connectivity index (χ1) is 12.9. The molecule has 0 saturated carbocycles. The Morgan fingerprint density at radius 2 is 1.85 bits per heavy atom. The van der Waals surface area contributed by atoms with E-state index in [1.165, 1.54) is 6.26 Å². The van der Waals surface area contributed by atoms with Gasteiger partial charge in [-0.3, -0.25) is 4.90 Å². The summed E-state index contributed by atoms with van der Waals surface area (Å²) in [6.45, 7) is 5.47. The molecular weight excluding hydrogens is 366 g/mol. The molecule has 1 aromatic rings. The van der Waals surface area contributed by atoms with Crippen LogP contribution >= 0.6 is 0 Å². The van der Waals surface area contributed by atoms with Gasteiger partial charge in [0, 0.05) is 45.0 Å². The molecule has 1 atom stereocenters. The van der Waals surface area contributed by atoms with Crippen LogP contribution in [0.1, 0.15) is 24.8 Å². The molecule has 1 unspecified atom stereocenters. The molecule has 2 amide bonds. The molecule has 0 spiro atoms. The van der Waals surface area contributed by atoms with Gasteiger partial charge in [-0.25, -0.2) is 13.2 Å². The van der Waals surface area contributed by atoms with Gasteiger partial charge in [0.25, 0.3) is 0 Å². The highest BCUT2D eigenvalue weighted by Gasteiger charge is 2.28. The second kappa shape index (κ2) is 9.03. The molecule has 3 rings (SSSR count). The van der Waals surface area contributed by atoms with Crippen molar-refractivity contribution in [3.8, 4) is 0 Å². The Morgan fingerprint density at radius 3 is 2.52 bits per heavy atom. The van der Waals surface area contributed by atoms with Crippen molar-refractivity contribution >= 4 is 15.9 Å². The number of likely N-dealkylation sites (tertiary alicyclic amines) is 1. The Morgan fingerprint density at radius 1 is 1.15 bits per heavy atom. The number of nitrogens with one attached hydrogen (secondary N) is 1. The van der Waals surface area contributed by atoms with E-state index in [1.54, 1.807) is 24.3 Å². The lowest BCUT2D eigenvalue weighted by Crippen LogP contribution is -2.53. The van der Waals surface area contributed by atoms with Crippen molar-refractivity contribution in [2.45, 2.75) is 36.7 Å². The van der Waals surface area contributed by atoms with E-state index in [1.807, 2.05) is 4.90 Å². The van der Waals surface area contributed by atoms with Crippen molar-refractivity contribution in [1.29, 1.82) is 0 Å². The minimum absolute atomic E-state index is 0.0415. The molecule has 0 bridgehead atoms. The number of hydrogen-bond acceptors (Lipinski definition) is 5. The Balaban J connectivity index is 1.55. The van der Waals surface area contributed by atoms with Crippen molar-refractivity contribution in [2.24, 2.45) is 0 Å². The quantitative estimate of drug-likeness (QED) is 0.817. The number of amides is 2. The molecule has 0 radical (unpaired) electrons. The molecule has 150 valence electrons. The predicted octanol–water partition coefficient (Wildman–Crippen LogP) is 1.49. The van der Waals surface area contributed by atoms with E-state index >= 15 is 0 Å². The first-order valence-electron chi connectivity index (χ1n) is 9.57. The van der Waals surface area contributed by atoms with Crippen LogP contribution in [0.4, 0.5) is 4.79 Å². The smallest absolute Gasteiger partial charge is 0.317 e. The predicted molar refractivity (Wildman–Crippen MR) is 103 cm³/mol. The van der Waals surface area contributed by atoms with Gasteiger partial charge in [-0.1, -0.05) is 12.1 Å². The Bertz CT molecular complexity index is 730. The van der Waals surface area contributed by atoms with Crippen molar-refractivity contribution in [1.82, 2.24) is 15.1 Å². The number of sulfone groups is 1. The lowest BCUT2D eigenvalue weighted by Gasteiger charge is -2.39. The maximum Gasteiger partial charge on any atom is 0.317 e. The van der Waals surface area contributed by atoms with Gasteiger partial charge in [0.15, 0.2) is 9.84 Å². The molecule has 2 aliphatic heterocycles. The minimum atomic E-state index is -3.20. The lowest BCUT2D eigenvalue weighted by molar-refractivity contribution is 0.0221. The Labute approximate surface area is 161 Å². The summed E-state index contributed by atoms with van der Waals surface area (Å²) in [7, 11) is -3.20. The van der Waals surface area contributed by atoms with Gasteiger partial charge < -0.3 is 15.0 Å². The lowest BCUT2D eigenvalue weighted by atomic mass is 10.0. The normalized spacial score (nSPS) is 21.8. The summed E-state index contributed by atoms with van der Waals surface area (Å²) < 4.78 is 28.5. The molecule has 0 aromatic heterocycles. The zero-order valence-electron chi connectivity index (χ0n) is 15.9. The van der Waals surface area contributed by atoms with Crippen LogP contribution in [0.3, 0.4) is 0 Å². The largest absolute Gasteiger partial charge is 0.379 e. The van der Waals surface area contributed by atoms with E-state index < -0.39 is 9.84 Å². The summed E-state index contributed by atoms with van der Waals surface area (Å²) in [5.41, 5.74) is 0.887. The summed E-state index contributed by atoms with van der Waals surface area (Å²) in [6.07, 6.45) is 4.42. The van der Waals surface area contributed by atoms with Crippen LogP contribution in [0.25, 0.3) is 0 Å². The van der Waals surface area contributed by atoms with Crippen LogP contribution in [0, 0.1) is 0 Å². The third-order valence-corrected chi connectivity index (χ3v) is 6.38. The fraction of sp³-hybridized carbons (Fsp3) is 0.632. The van der Waals surface area contributed by atoms with E-state index in [-0.39, 0.29) is 12.1 Å². The average molecular weight is 396 g/mol. The number of benzene rings is 1. The third kappa shape index (κ3) is 5.67. The molecule has 2 saturated heterocycles. The molecule has 8 heteroatoms. The molecule has 2 heterocycles. The zero-order valence-corrected chi connectivity index (χ0v) is 16.7. The average Bonchev–Trinajstić information content (AvgIpc) is 2.67. The number of piperidine rings is 1. The van der Waals surface area contributed by atoms with Gasteiger partial charge in [-0.05, 0) is 37.0 Å². The number of ether oxygens (including phenoxy) is 1. The van der Waals surface area contributed by atoms with Gasteiger partial charge in [0.05, 0.1) is 18.1 Å². The van der Waals surface area contributed by atoms with Crippen LogP contribution < -0.4 is 5.32 Å².